The zero-order valence-corrected chi connectivity index (χ0v) is 15.7. The molecule has 6 heteroatoms. The number of aromatic nitrogens is 1. The maximum Gasteiger partial charge on any atom is 0.314 e. The van der Waals surface area contributed by atoms with Crippen LogP contribution >= 0.6 is 0 Å². The van der Waals surface area contributed by atoms with Crippen molar-refractivity contribution in [1.82, 2.24) is 9.88 Å². The second kappa shape index (κ2) is 7.19. The van der Waals surface area contributed by atoms with Crippen LogP contribution in [0.2, 0.25) is 0 Å². The molecule has 0 aliphatic rings. The van der Waals surface area contributed by atoms with E-state index in [9.17, 15) is 10.1 Å². The van der Waals surface area contributed by atoms with Crippen LogP contribution in [0, 0.1) is 23.0 Å². The molecule has 0 aliphatic carbocycles. The number of pyridine rings is 1. The standard InChI is InChI=1S/C19H26N4O2/c1-14(2)19(4,21(5)6)22(16-10-8-7-9-11-16)18-17(23(24)25)15(3)12-13-20-18/h7-14H,1-6H3. The minimum absolute atomic E-state index is 0.0417. The first-order valence-corrected chi connectivity index (χ1v) is 8.34. The highest BCUT2D eigenvalue weighted by molar-refractivity contribution is 5.72. The molecule has 1 atom stereocenters. The maximum absolute atomic E-state index is 11.8. The van der Waals surface area contributed by atoms with Crippen LogP contribution in [0.1, 0.15) is 26.3 Å². The first-order valence-electron chi connectivity index (χ1n) is 8.34. The number of rotatable bonds is 6. The van der Waals surface area contributed by atoms with Gasteiger partial charge in [0.1, 0.15) is 0 Å². The van der Waals surface area contributed by atoms with E-state index in [0.29, 0.717) is 11.4 Å². The van der Waals surface area contributed by atoms with Crippen LogP contribution in [-0.2, 0) is 0 Å². The largest absolute Gasteiger partial charge is 0.314 e. The van der Waals surface area contributed by atoms with Crippen LogP contribution in [0.4, 0.5) is 17.2 Å². The molecule has 0 fully saturated rings. The molecule has 6 nitrogen and oxygen atoms in total. The van der Waals surface area contributed by atoms with Gasteiger partial charge in [-0.3, -0.25) is 15.0 Å². The van der Waals surface area contributed by atoms with E-state index in [2.05, 4.69) is 30.7 Å². The molecule has 0 amide bonds. The summed E-state index contributed by atoms with van der Waals surface area (Å²) in [6.45, 7) is 8.04. The highest BCUT2D eigenvalue weighted by Crippen LogP contribution is 2.42. The zero-order chi connectivity index (χ0) is 18.8. The van der Waals surface area contributed by atoms with Crippen molar-refractivity contribution < 1.29 is 4.92 Å². The number of para-hydroxylation sites is 1. The van der Waals surface area contributed by atoms with Crippen molar-refractivity contribution in [2.45, 2.75) is 33.4 Å². The Morgan fingerprint density at radius 2 is 1.76 bits per heavy atom. The number of hydrogen-bond acceptors (Lipinski definition) is 5. The lowest BCUT2D eigenvalue weighted by Gasteiger charge is -2.49. The number of hydrogen-bond donors (Lipinski definition) is 0. The lowest BCUT2D eigenvalue weighted by molar-refractivity contribution is -0.385. The van der Waals surface area contributed by atoms with Crippen molar-refractivity contribution in [1.29, 1.82) is 0 Å². The fraction of sp³-hybridized carbons (Fsp3) is 0.421. The molecule has 134 valence electrons. The SMILES string of the molecule is Cc1ccnc(N(c2ccccc2)C(C)(C(C)C)N(C)C)c1[N+](=O)[O-]. The monoisotopic (exact) mass is 342 g/mol. The minimum Gasteiger partial charge on any atom is -0.302 e. The van der Waals surface area contributed by atoms with Gasteiger partial charge in [0.2, 0.25) is 5.82 Å². The van der Waals surface area contributed by atoms with E-state index >= 15 is 0 Å². The third-order valence-corrected chi connectivity index (χ3v) is 4.97. The Labute approximate surface area is 149 Å². The van der Waals surface area contributed by atoms with Gasteiger partial charge >= 0.3 is 5.69 Å². The Morgan fingerprint density at radius 3 is 2.24 bits per heavy atom. The predicted octanol–water partition coefficient (Wildman–Crippen LogP) is 4.37. The van der Waals surface area contributed by atoms with Gasteiger partial charge in [0.15, 0.2) is 0 Å². The minimum atomic E-state index is -0.507. The smallest absolute Gasteiger partial charge is 0.302 e. The Balaban J connectivity index is 2.83. The summed E-state index contributed by atoms with van der Waals surface area (Å²) >= 11 is 0. The average Bonchev–Trinajstić information content (AvgIpc) is 2.55. The summed E-state index contributed by atoms with van der Waals surface area (Å²) in [6.07, 6.45) is 1.63. The summed E-state index contributed by atoms with van der Waals surface area (Å²) in [4.78, 5) is 19.9. The quantitative estimate of drug-likeness (QED) is 0.443. The molecule has 25 heavy (non-hydrogen) atoms. The van der Waals surface area contributed by atoms with Crippen molar-refractivity contribution in [2.75, 3.05) is 19.0 Å². The van der Waals surface area contributed by atoms with Gasteiger partial charge in [0, 0.05) is 17.4 Å². The lowest BCUT2D eigenvalue weighted by atomic mass is 9.93. The van der Waals surface area contributed by atoms with Gasteiger partial charge < -0.3 is 4.90 Å². The molecule has 2 aromatic rings. The first kappa shape index (κ1) is 18.9. The molecule has 0 bridgehead atoms. The van der Waals surface area contributed by atoms with E-state index < -0.39 is 5.66 Å². The van der Waals surface area contributed by atoms with Crippen LogP contribution in [-0.4, -0.2) is 34.6 Å². The molecule has 0 saturated heterocycles. The molecule has 0 radical (unpaired) electrons. The molecule has 1 unspecified atom stereocenters. The molecular weight excluding hydrogens is 316 g/mol. The number of benzene rings is 1. The van der Waals surface area contributed by atoms with Crippen molar-refractivity contribution in [2.24, 2.45) is 5.92 Å². The van der Waals surface area contributed by atoms with Crippen molar-refractivity contribution >= 4 is 17.2 Å². The van der Waals surface area contributed by atoms with Crippen molar-refractivity contribution in [3.63, 3.8) is 0 Å². The van der Waals surface area contributed by atoms with Crippen LogP contribution in [0.15, 0.2) is 42.6 Å². The van der Waals surface area contributed by atoms with Crippen molar-refractivity contribution in [3.8, 4) is 0 Å². The van der Waals surface area contributed by atoms with E-state index in [1.807, 2.05) is 49.3 Å². The van der Waals surface area contributed by atoms with Gasteiger partial charge in [-0.1, -0.05) is 32.0 Å². The van der Waals surface area contributed by atoms with E-state index in [1.165, 1.54) is 0 Å². The average molecular weight is 342 g/mol. The van der Waals surface area contributed by atoms with E-state index in [4.69, 9.17) is 0 Å². The molecule has 0 aliphatic heterocycles. The second-order valence-electron chi connectivity index (χ2n) is 6.87. The van der Waals surface area contributed by atoms with Gasteiger partial charge in [-0.15, -0.1) is 0 Å². The van der Waals surface area contributed by atoms with Gasteiger partial charge in [0.05, 0.1) is 10.6 Å². The third-order valence-electron chi connectivity index (χ3n) is 4.97. The van der Waals surface area contributed by atoms with Gasteiger partial charge in [-0.25, -0.2) is 4.98 Å². The Kier molecular flexibility index (Phi) is 5.42. The van der Waals surface area contributed by atoms with E-state index in [1.54, 1.807) is 19.2 Å². The molecule has 2 rings (SSSR count). The van der Waals surface area contributed by atoms with Crippen LogP contribution in [0.5, 0.6) is 0 Å². The second-order valence-corrected chi connectivity index (χ2v) is 6.87. The van der Waals surface area contributed by atoms with E-state index in [-0.39, 0.29) is 16.5 Å². The topological polar surface area (TPSA) is 62.5 Å². The van der Waals surface area contributed by atoms with E-state index in [0.717, 1.165) is 5.69 Å². The summed E-state index contributed by atoms with van der Waals surface area (Å²) in [5.41, 5.74) is 1.00. The summed E-state index contributed by atoms with van der Waals surface area (Å²) in [6, 6.07) is 11.4. The molecule has 1 heterocycles. The Hall–Kier alpha value is -2.47. The molecular formula is C19H26N4O2. The van der Waals surface area contributed by atoms with Crippen LogP contribution < -0.4 is 4.90 Å². The number of anilines is 2. The highest BCUT2D eigenvalue weighted by Gasteiger charge is 2.42. The Bertz CT molecular complexity index is 736. The van der Waals surface area contributed by atoms with Crippen molar-refractivity contribution in [3.05, 3.63) is 58.3 Å². The highest BCUT2D eigenvalue weighted by atomic mass is 16.6. The predicted molar refractivity (Wildman–Crippen MR) is 101 cm³/mol. The maximum atomic E-state index is 11.8. The first-order chi connectivity index (χ1) is 11.7. The third kappa shape index (κ3) is 3.35. The zero-order valence-electron chi connectivity index (χ0n) is 15.7. The number of aryl methyl sites for hydroxylation is 1. The molecule has 0 saturated carbocycles. The summed E-state index contributed by atoms with van der Waals surface area (Å²) < 4.78 is 0. The normalized spacial score (nSPS) is 13.8. The Morgan fingerprint density at radius 1 is 1.16 bits per heavy atom. The summed E-state index contributed by atoms with van der Waals surface area (Å²) in [5.74, 6) is 0.547. The number of nitrogens with zero attached hydrogens (tertiary/aromatic N) is 4. The van der Waals surface area contributed by atoms with Crippen LogP contribution in [0.25, 0.3) is 0 Å². The van der Waals surface area contributed by atoms with Gasteiger partial charge in [0.25, 0.3) is 0 Å². The fourth-order valence-corrected chi connectivity index (χ4v) is 3.08. The molecule has 1 aromatic carbocycles. The molecule has 0 spiro atoms. The molecule has 1 aromatic heterocycles. The lowest BCUT2D eigenvalue weighted by Crippen LogP contribution is -2.58. The van der Waals surface area contributed by atoms with Gasteiger partial charge in [-0.05, 0) is 52.1 Å². The summed E-state index contributed by atoms with van der Waals surface area (Å²) in [5, 5.41) is 11.8. The van der Waals surface area contributed by atoms with Gasteiger partial charge in [-0.2, -0.15) is 0 Å². The fourth-order valence-electron chi connectivity index (χ4n) is 3.08. The molecule has 0 N–H and O–H groups in total. The number of nitro groups is 1. The summed E-state index contributed by atoms with van der Waals surface area (Å²) in [7, 11) is 3.97. The van der Waals surface area contributed by atoms with Crippen LogP contribution in [0.3, 0.4) is 0 Å².